The minimum atomic E-state index is -1.12. The number of carboxylic acids is 1. The molecule has 19 heavy (non-hydrogen) atoms. The average Bonchev–Trinajstić information content (AvgIpc) is 2.93. The third-order valence-electron chi connectivity index (χ3n) is 3.39. The lowest BCUT2D eigenvalue weighted by molar-refractivity contribution is -0.147. The van der Waals surface area contributed by atoms with Crippen LogP contribution in [0.5, 0.6) is 0 Å². The molecule has 0 spiro atoms. The van der Waals surface area contributed by atoms with Gasteiger partial charge in [-0.1, -0.05) is 0 Å². The maximum absolute atomic E-state index is 12.0. The first kappa shape index (κ1) is 13.3. The second kappa shape index (κ2) is 4.87. The fourth-order valence-corrected chi connectivity index (χ4v) is 2.23. The van der Waals surface area contributed by atoms with Gasteiger partial charge < -0.3 is 15.3 Å². The molecule has 2 amide bonds. The summed E-state index contributed by atoms with van der Waals surface area (Å²) in [5.41, 5.74) is -1.12. The number of rotatable bonds is 3. The van der Waals surface area contributed by atoms with Gasteiger partial charge in [-0.25, -0.2) is 14.6 Å². The van der Waals surface area contributed by atoms with E-state index in [1.165, 1.54) is 4.90 Å². The Morgan fingerprint density at radius 3 is 2.89 bits per heavy atom. The molecule has 8 nitrogen and oxygen atoms in total. The molecule has 1 atom stereocenters. The number of nitrogens with zero attached hydrogens (tertiary/aromatic N) is 4. The Morgan fingerprint density at radius 1 is 1.58 bits per heavy atom. The predicted octanol–water partition coefficient (Wildman–Crippen LogP) is -0.0362. The Labute approximate surface area is 110 Å². The molecule has 1 aromatic heterocycles. The molecule has 1 aliphatic heterocycles. The van der Waals surface area contributed by atoms with Crippen LogP contribution in [-0.2, 0) is 18.4 Å². The van der Waals surface area contributed by atoms with Crippen molar-refractivity contribution in [1.29, 1.82) is 0 Å². The van der Waals surface area contributed by atoms with Gasteiger partial charge in [0.2, 0.25) is 0 Å². The number of aryl methyl sites for hydroxylation is 1. The van der Waals surface area contributed by atoms with Gasteiger partial charge in [-0.05, 0) is 19.8 Å². The van der Waals surface area contributed by atoms with Crippen LogP contribution in [-0.4, -0.2) is 48.9 Å². The molecule has 2 heterocycles. The van der Waals surface area contributed by atoms with E-state index in [0.717, 1.165) is 0 Å². The fraction of sp³-hybridized carbons (Fsp3) is 0.636. The molecule has 1 aromatic rings. The summed E-state index contributed by atoms with van der Waals surface area (Å²) in [7, 11) is 1.74. The van der Waals surface area contributed by atoms with Crippen molar-refractivity contribution in [3.05, 3.63) is 12.2 Å². The Hall–Kier alpha value is -2.12. The van der Waals surface area contributed by atoms with Gasteiger partial charge in [0.1, 0.15) is 11.9 Å². The van der Waals surface area contributed by atoms with Gasteiger partial charge in [-0.2, -0.15) is 5.10 Å². The van der Waals surface area contributed by atoms with Crippen LogP contribution in [0.2, 0.25) is 0 Å². The highest BCUT2D eigenvalue weighted by Crippen LogP contribution is 2.29. The van der Waals surface area contributed by atoms with E-state index in [1.807, 2.05) is 0 Å². The van der Waals surface area contributed by atoms with E-state index < -0.39 is 17.5 Å². The molecule has 0 radical (unpaired) electrons. The van der Waals surface area contributed by atoms with Crippen molar-refractivity contribution in [2.24, 2.45) is 7.05 Å². The van der Waals surface area contributed by atoms with E-state index >= 15 is 0 Å². The lowest BCUT2D eigenvalue weighted by Gasteiger charge is -2.31. The Morgan fingerprint density at radius 2 is 2.32 bits per heavy atom. The smallest absolute Gasteiger partial charge is 0.329 e. The largest absolute Gasteiger partial charge is 0.480 e. The first-order valence-corrected chi connectivity index (χ1v) is 6.07. The van der Waals surface area contributed by atoms with E-state index in [9.17, 15) is 14.7 Å². The minimum Gasteiger partial charge on any atom is -0.480 e. The number of aromatic nitrogens is 3. The van der Waals surface area contributed by atoms with Crippen LogP contribution in [0.1, 0.15) is 25.6 Å². The third kappa shape index (κ3) is 2.51. The van der Waals surface area contributed by atoms with Crippen molar-refractivity contribution >= 4 is 12.0 Å². The third-order valence-corrected chi connectivity index (χ3v) is 3.39. The van der Waals surface area contributed by atoms with Crippen molar-refractivity contribution in [1.82, 2.24) is 25.0 Å². The van der Waals surface area contributed by atoms with Crippen LogP contribution in [0.4, 0.5) is 4.79 Å². The summed E-state index contributed by atoms with van der Waals surface area (Å²) >= 11 is 0. The average molecular weight is 267 g/mol. The number of hydrogen-bond donors (Lipinski definition) is 2. The van der Waals surface area contributed by atoms with Crippen LogP contribution in [0, 0.1) is 0 Å². The number of carboxylic acid groups (broad SMARTS) is 1. The number of carbonyl (C=O) groups is 2. The zero-order chi connectivity index (χ0) is 14.0. The van der Waals surface area contributed by atoms with Gasteiger partial charge >= 0.3 is 12.0 Å². The highest BCUT2D eigenvalue weighted by molar-refractivity contribution is 5.86. The first-order valence-electron chi connectivity index (χ1n) is 6.07. The van der Waals surface area contributed by atoms with E-state index in [-0.39, 0.29) is 6.54 Å². The minimum absolute atomic E-state index is 0.186. The van der Waals surface area contributed by atoms with Gasteiger partial charge in [0.15, 0.2) is 5.82 Å². The number of urea groups is 1. The maximum Gasteiger partial charge on any atom is 0.329 e. The van der Waals surface area contributed by atoms with Gasteiger partial charge in [-0.15, -0.1) is 0 Å². The van der Waals surface area contributed by atoms with E-state index in [1.54, 1.807) is 25.0 Å². The van der Waals surface area contributed by atoms with E-state index in [4.69, 9.17) is 0 Å². The number of likely N-dealkylation sites (tertiary alicyclic amines) is 1. The van der Waals surface area contributed by atoms with E-state index in [2.05, 4.69) is 15.4 Å². The number of carbonyl (C=O) groups excluding carboxylic acids is 1. The molecule has 1 saturated heterocycles. The molecule has 1 fully saturated rings. The molecule has 1 unspecified atom stereocenters. The number of nitrogens with one attached hydrogen (secondary N) is 1. The summed E-state index contributed by atoms with van der Waals surface area (Å²) in [6, 6.07) is -0.394. The van der Waals surface area contributed by atoms with Gasteiger partial charge in [0.25, 0.3) is 0 Å². The normalized spacial score (nSPS) is 22.5. The van der Waals surface area contributed by atoms with Crippen molar-refractivity contribution in [3.8, 4) is 0 Å². The first-order chi connectivity index (χ1) is 8.93. The lowest BCUT2D eigenvalue weighted by atomic mass is 10.00. The fourth-order valence-electron chi connectivity index (χ4n) is 2.23. The van der Waals surface area contributed by atoms with Crippen LogP contribution in [0.3, 0.4) is 0 Å². The van der Waals surface area contributed by atoms with Gasteiger partial charge in [-0.3, -0.25) is 4.68 Å². The topological polar surface area (TPSA) is 100 Å². The monoisotopic (exact) mass is 267 g/mol. The Bertz CT molecular complexity index is 500. The summed E-state index contributed by atoms with van der Waals surface area (Å²) in [4.78, 5) is 28.6. The summed E-state index contributed by atoms with van der Waals surface area (Å²) in [6.07, 6.45) is 2.70. The highest BCUT2D eigenvalue weighted by atomic mass is 16.4. The van der Waals surface area contributed by atoms with Crippen molar-refractivity contribution in [2.45, 2.75) is 31.8 Å². The summed E-state index contributed by atoms with van der Waals surface area (Å²) in [6.45, 7) is 2.21. The van der Waals surface area contributed by atoms with E-state index in [0.29, 0.717) is 25.2 Å². The molecule has 0 aliphatic carbocycles. The molecule has 0 saturated carbocycles. The van der Waals surface area contributed by atoms with Gasteiger partial charge in [0, 0.05) is 13.6 Å². The quantitative estimate of drug-likeness (QED) is 0.800. The standard InChI is InChI=1S/C11H17N5O3/c1-11(9(17)18)4-3-5-16(11)10(19)12-6-8-13-7-15(2)14-8/h7H,3-6H2,1-2H3,(H,12,19)(H,17,18). The van der Waals surface area contributed by atoms with Crippen LogP contribution in [0.15, 0.2) is 6.33 Å². The maximum atomic E-state index is 12.0. The number of aliphatic carboxylic acids is 1. The molecule has 2 N–H and O–H groups in total. The summed E-state index contributed by atoms with van der Waals surface area (Å²) < 4.78 is 1.54. The van der Waals surface area contributed by atoms with Crippen molar-refractivity contribution in [3.63, 3.8) is 0 Å². The van der Waals surface area contributed by atoms with Gasteiger partial charge in [0.05, 0.1) is 6.54 Å². The molecular formula is C11H17N5O3. The second-order valence-corrected chi connectivity index (χ2v) is 4.83. The zero-order valence-corrected chi connectivity index (χ0v) is 11.0. The summed E-state index contributed by atoms with van der Waals surface area (Å²) in [5.74, 6) is -0.483. The molecule has 2 rings (SSSR count). The lowest BCUT2D eigenvalue weighted by Crippen LogP contribution is -2.54. The van der Waals surface area contributed by atoms with Crippen LogP contribution < -0.4 is 5.32 Å². The van der Waals surface area contributed by atoms with Crippen molar-refractivity contribution in [2.75, 3.05) is 6.54 Å². The molecule has 0 bridgehead atoms. The second-order valence-electron chi connectivity index (χ2n) is 4.83. The highest BCUT2D eigenvalue weighted by Gasteiger charge is 2.45. The molecule has 8 heteroatoms. The SMILES string of the molecule is Cn1cnc(CNC(=O)N2CCCC2(C)C(=O)O)n1. The molecule has 1 aliphatic rings. The molecule has 104 valence electrons. The number of hydrogen-bond acceptors (Lipinski definition) is 4. The number of amides is 2. The molecule has 0 aromatic carbocycles. The summed E-state index contributed by atoms with van der Waals surface area (Å²) in [5, 5.41) is 15.9. The predicted molar refractivity (Wildman–Crippen MR) is 65.2 cm³/mol. The van der Waals surface area contributed by atoms with Crippen LogP contribution in [0.25, 0.3) is 0 Å². The molecular weight excluding hydrogens is 250 g/mol. The zero-order valence-electron chi connectivity index (χ0n) is 11.0. The van der Waals surface area contributed by atoms with Crippen LogP contribution >= 0.6 is 0 Å². The van der Waals surface area contributed by atoms with Crippen molar-refractivity contribution < 1.29 is 14.7 Å². The Balaban J connectivity index is 1.98. The Kier molecular flexibility index (Phi) is 3.41.